The molecule has 0 aliphatic carbocycles. The van der Waals surface area contributed by atoms with E-state index in [2.05, 4.69) is 10.2 Å². The molecule has 2 aromatic carbocycles. The second kappa shape index (κ2) is 9.60. The van der Waals surface area contributed by atoms with Crippen LogP contribution in [0.4, 0.5) is 5.69 Å². The number of rotatable bonds is 4. The number of amides is 1. The van der Waals surface area contributed by atoms with Crippen LogP contribution in [-0.4, -0.2) is 29.9 Å². The van der Waals surface area contributed by atoms with Crippen LogP contribution in [-0.2, 0) is 14.1 Å². The molecule has 0 unspecified atom stereocenters. The number of pyridine rings is 2. The monoisotopic (exact) mass is 546 g/mol. The Kier molecular flexibility index (Phi) is 6.03. The van der Waals surface area contributed by atoms with Gasteiger partial charge >= 0.3 is 0 Å². The van der Waals surface area contributed by atoms with Gasteiger partial charge in [-0.2, -0.15) is 9.69 Å². The maximum Gasteiger partial charge on any atom is 0.282 e. The molecule has 0 spiro atoms. The molecule has 10 heteroatoms. The number of carbonyl (C=O) groups excluding carboxylic acids is 1. The lowest BCUT2D eigenvalue weighted by molar-refractivity contribution is 0.0994. The van der Waals surface area contributed by atoms with Crippen molar-refractivity contribution >= 4 is 34.8 Å². The molecule has 1 amide bonds. The van der Waals surface area contributed by atoms with Crippen LogP contribution in [0.2, 0.25) is 0 Å². The summed E-state index contributed by atoms with van der Waals surface area (Å²) >= 11 is 0. The minimum Gasteiger partial charge on any atom is -0.493 e. The molecule has 0 atom stereocenters. The molecule has 1 aliphatic heterocycles. The Morgan fingerprint density at radius 2 is 1.44 bits per heavy atom. The van der Waals surface area contributed by atoms with E-state index < -0.39 is 0 Å². The zero-order valence-corrected chi connectivity index (χ0v) is 22.9. The lowest BCUT2D eigenvalue weighted by Crippen LogP contribution is -2.44. The van der Waals surface area contributed by atoms with Gasteiger partial charge in [0.25, 0.3) is 17.0 Å². The molecule has 0 saturated carbocycles. The minimum atomic E-state index is -0.320. The molecular weight excluding hydrogens is 520 g/mol. The van der Waals surface area contributed by atoms with Crippen LogP contribution in [0, 0.1) is 13.8 Å². The van der Waals surface area contributed by atoms with Gasteiger partial charge in [-0.15, -0.1) is 10.2 Å². The number of hydrogen-bond donors (Lipinski definition) is 1. The number of para-hydroxylation sites is 2. The summed E-state index contributed by atoms with van der Waals surface area (Å²) in [4.78, 5) is 39.9. The first kappa shape index (κ1) is 25.8. The molecule has 0 bridgehead atoms. The van der Waals surface area contributed by atoms with Crippen molar-refractivity contribution in [1.82, 2.24) is 18.9 Å². The Morgan fingerprint density at radius 1 is 0.805 bits per heavy atom. The molecular formula is C31H26N6O4. The van der Waals surface area contributed by atoms with E-state index >= 15 is 0 Å². The van der Waals surface area contributed by atoms with Crippen LogP contribution in [0.15, 0.2) is 81.4 Å². The molecule has 0 fully saturated rings. The van der Waals surface area contributed by atoms with Gasteiger partial charge in [0, 0.05) is 24.9 Å². The largest absolute Gasteiger partial charge is 0.493 e. The van der Waals surface area contributed by atoms with Crippen molar-refractivity contribution in [2.24, 2.45) is 19.2 Å². The fourth-order valence-electron chi connectivity index (χ4n) is 5.19. The lowest BCUT2D eigenvalue weighted by Gasteiger charge is -2.11. The van der Waals surface area contributed by atoms with E-state index in [0.29, 0.717) is 55.4 Å². The van der Waals surface area contributed by atoms with Crippen molar-refractivity contribution in [2.45, 2.75) is 13.8 Å². The second-order valence-electron chi connectivity index (χ2n) is 9.85. The third-order valence-electron chi connectivity index (χ3n) is 7.46. The number of anilines is 1. The predicted octanol–water partition coefficient (Wildman–Crippen LogP) is 2.43. The van der Waals surface area contributed by atoms with Crippen LogP contribution in [0.25, 0.3) is 28.9 Å². The van der Waals surface area contributed by atoms with Crippen LogP contribution < -0.4 is 26.8 Å². The van der Waals surface area contributed by atoms with Crippen molar-refractivity contribution in [1.29, 1.82) is 0 Å². The van der Waals surface area contributed by atoms with Gasteiger partial charge in [-0.3, -0.25) is 23.5 Å². The van der Waals surface area contributed by atoms with E-state index in [0.717, 1.165) is 0 Å². The van der Waals surface area contributed by atoms with Gasteiger partial charge in [-0.1, -0.05) is 42.5 Å². The number of fused-ring (bicyclic) bond motifs is 2. The highest BCUT2D eigenvalue weighted by atomic mass is 16.3. The Bertz CT molecular complexity index is 2160. The third-order valence-corrected chi connectivity index (χ3v) is 7.46. The van der Waals surface area contributed by atoms with Gasteiger partial charge in [-0.05, 0) is 61.4 Å². The highest BCUT2D eigenvalue weighted by Crippen LogP contribution is 2.30. The molecule has 1 aliphatic rings. The number of allylic oxidation sites excluding steroid dienone is 1. The second-order valence-corrected chi connectivity index (χ2v) is 9.85. The van der Waals surface area contributed by atoms with Crippen molar-refractivity contribution < 1.29 is 9.90 Å². The Morgan fingerprint density at radius 3 is 2.10 bits per heavy atom. The standard InChI is InChI=1S/C31H26N6O4/c1-18-22(28(38)34(3)26-24(18)30(40)36(32-26)20-12-7-5-8-13-20)16-11-17-23-19(2)25-27(35(4)29(23)39)33-37(31(25)41)21-14-9-6-10-15-21/h5-17,40H,1-4H3/b16-11?,23-17+. The van der Waals surface area contributed by atoms with E-state index in [4.69, 9.17) is 0 Å². The van der Waals surface area contributed by atoms with Gasteiger partial charge < -0.3 is 5.11 Å². The summed E-state index contributed by atoms with van der Waals surface area (Å²) < 4.78 is 4.14. The Balaban J connectivity index is 1.46. The molecule has 41 heavy (non-hydrogen) atoms. The van der Waals surface area contributed by atoms with Gasteiger partial charge in [0.05, 0.1) is 22.3 Å². The third kappa shape index (κ3) is 3.91. The highest BCUT2D eigenvalue weighted by molar-refractivity contribution is 6.08. The highest BCUT2D eigenvalue weighted by Gasteiger charge is 2.29. The first-order valence-electron chi connectivity index (χ1n) is 12.9. The number of aryl methyl sites for hydroxylation is 2. The summed E-state index contributed by atoms with van der Waals surface area (Å²) in [6.45, 7) is 3.46. The van der Waals surface area contributed by atoms with Gasteiger partial charge in [0.2, 0.25) is 5.88 Å². The molecule has 6 rings (SSSR count). The Hall–Kier alpha value is -5.51. The number of aromatic hydroxyl groups is 1. The van der Waals surface area contributed by atoms with E-state index in [-0.39, 0.29) is 22.9 Å². The predicted molar refractivity (Wildman–Crippen MR) is 157 cm³/mol. The smallest absolute Gasteiger partial charge is 0.282 e. The SMILES string of the molecule is Cc1c2c(n(C)c(=O)/c1=C/C=Cc1c(C)c3c(O)n(-c4ccccc4)nc3n(C)c1=O)=NN(c1ccccc1)C2=O. The molecule has 10 nitrogen and oxygen atoms in total. The fraction of sp³-hybridized carbons (Fsp3) is 0.129. The molecule has 5 aromatic rings. The van der Waals surface area contributed by atoms with E-state index in [1.54, 1.807) is 58.3 Å². The quantitative estimate of drug-likeness (QED) is 0.372. The number of hydrogen-bond acceptors (Lipinski definition) is 6. The average Bonchev–Trinajstić information content (AvgIpc) is 3.52. The minimum absolute atomic E-state index is 0.0773. The van der Waals surface area contributed by atoms with Crippen molar-refractivity contribution in [3.8, 4) is 11.6 Å². The summed E-state index contributed by atoms with van der Waals surface area (Å²) in [5, 5.41) is 22.0. The van der Waals surface area contributed by atoms with Crippen LogP contribution in [0.3, 0.4) is 0 Å². The fourth-order valence-corrected chi connectivity index (χ4v) is 5.19. The van der Waals surface area contributed by atoms with Crippen LogP contribution in [0.5, 0.6) is 5.88 Å². The summed E-state index contributed by atoms with van der Waals surface area (Å²) in [5.41, 5.74) is 3.04. The molecule has 204 valence electrons. The summed E-state index contributed by atoms with van der Waals surface area (Å²) in [7, 11) is 3.18. The summed E-state index contributed by atoms with van der Waals surface area (Å²) in [5.74, 6) is -0.398. The first-order chi connectivity index (χ1) is 19.7. The number of nitrogens with zero attached hydrogens (tertiary/aromatic N) is 6. The maximum absolute atomic E-state index is 13.3. The average molecular weight is 547 g/mol. The zero-order chi connectivity index (χ0) is 29.0. The zero-order valence-electron chi connectivity index (χ0n) is 22.9. The first-order valence-corrected chi connectivity index (χ1v) is 12.9. The molecule has 4 heterocycles. The van der Waals surface area contributed by atoms with Crippen molar-refractivity contribution in [3.05, 3.63) is 120 Å². The Labute approximate surface area is 233 Å². The van der Waals surface area contributed by atoms with E-state index in [1.807, 2.05) is 48.5 Å². The van der Waals surface area contributed by atoms with Crippen LogP contribution >= 0.6 is 0 Å². The number of aromatic nitrogens is 4. The van der Waals surface area contributed by atoms with Crippen molar-refractivity contribution in [2.75, 3.05) is 5.01 Å². The van der Waals surface area contributed by atoms with Crippen LogP contribution in [0.1, 0.15) is 27.0 Å². The maximum atomic E-state index is 13.3. The normalized spacial score (nSPS) is 13.4. The lowest BCUT2D eigenvalue weighted by atomic mass is 10.1. The summed E-state index contributed by atoms with van der Waals surface area (Å²) in [6.07, 6.45) is 4.80. The van der Waals surface area contributed by atoms with Gasteiger partial charge in [-0.25, -0.2) is 0 Å². The number of benzene rings is 2. The molecule has 1 N–H and O–H groups in total. The topological polar surface area (TPSA) is 115 Å². The molecule has 0 radical (unpaired) electrons. The molecule has 0 saturated heterocycles. The van der Waals surface area contributed by atoms with E-state index in [1.165, 1.54) is 18.8 Å². The van der Waals surface area contributed by atoms with Gasteiger partial charge in [0.15, 0.2) is 11.1 Å². The number of carbonyl (C=O) groups is 1. The van der Waals surface area contributed by atoms with Gasteiger partial charge in [0.1, 0.15) is 0 Å². The summed E-state index contributed by atoms with van der Waals surface area (Å²) in [6, 6.07) is 18.2. The van der Waals surface area contributed by atoms with E-state index in [9.17, 15) is 19.5 Å². The molecule has 3 aromatic heterocycles. The van der Waals surface area contributed by atoms with Crippen molar-refractivity contribution in [3.63, 3.8) is 0 Å².